The van der Waals surface area contributed by atoms with Crippen molar-refractivity contribution in [1.29, 1.82) is 0 Å². The quantitative estimate of drug-likeness (QED) is 0.375. The van der Waals surface area contributed by atoms with E-state index in [4.69, 9.17) is 0 Å². The monoisotopic (exact) mass is 500 g/mol. The molecule has 1 aliphatic rings. The van der Waals surface area contributed by atoms with Crippen LogP contribution in [0.4, 0.5) is 11.6 Å². The van der Waals surface area contributed by atoms with Crippen LogP contribution in [0.1, 0.15) is 45.2 Å². The number of nitrogens with one attached hydrogen (secondary N) is 2. The first kappa shape index (κ1) is 24.6. The molecule has 0 aliphatic carbocycles. The first-order valence-electron chi connectivity index (χ1n) is 12.6. The molecule has 0 atom stereocenters. The van der Waals surface area contributed by atoms with Gasteiger partial charge < -0.3 is 10.6 Å². The van der Waals surface area contributed by atoms with Crippen molar-refractivity contribution in [2.45, 2.75) is 51.6 Å². The minimum Gasteiger partial charge on any atom is -0.324 e. The van der Waals surface area contributed by atoms with E-state index in [1.54, 1.807) is 16.8 Å². The zero-order valence-corrected chi connectivity index (χ0v) is 21.4. The molecule has 10 heteroatoms. The van der Waals surface area contributed by atoms with Gasteiger partial charge in [-0.05, 0) is 69.0 Å². The summed E-state index contributed by atoms with van der Waals surface area (Å²) in [5.41, 5.74) is 2.26. The van der Waals surface area contributed by atoms with E-state index in [9.17, 15) is 9.59 Å². The summed E-state index contributed by atoms with van der Waals surface area (Å²) < 4.78 is 4.49. The molecule has 37 heavy (non-hydrogen) atoms. The Hall–Kier alpha value is -4.05. The third-order valence-corrected chi connectivity index (χ3v) is 7.04. The van der Waals surface area contributed by atoms with Crippen molar-refractivity contribution in [1.82, 2.24) is 34.4 Å². The SMILES string of the molecule is C=CCn1c(=O)c2cnc(Nc3ccc(C4(C)CCNCC4)cc3)nc2n1-c1ccc(=O)n(C(C)C)n1. The summed E-state index contributed by atoms with van der Waals surface area (Å²) in [6.07, 6.45) is 5.37. The lowest BCUT2D eigenvalue weighted by Gasteiger charge is -2.34. The second-order valence-electron chi connectivity index (χ2n) is 10.00. The Labute approximate surface area is 214 Å². The van der Waals surface area contributed by atoms with Gasteiger partial charge in [0, 0.05) is 18.0 Å². The van der Waals surface area contributed by atoms with Crippen LogP contribution in [0.3, 0.4) is 0 Å². The maximum atomic E-state index is 13.2. The second kappa shape index (κ2) is 9.78. The highest BCUT2D eigenvalue weighted by Gasteiger charge is 2.28. The smallest absolute Gasteiger partial charge is 0.278 e. The predicted octanol–water partition coefficient (Wildman–Crippen LogP) is 3.29. The number of benzene rings is 1. The number of rotatable bonds is 7. The standard InChI is InChI=1S/C27H32N8O2/c1-5-16-33-25(37)21-17-29-26(30-20-8-6-19(7-9-20)27(4)12-14-28-15-13-27)31-24(21)35(33)22-10-11-23(36)34(32-22)18(2)3/h5-11,17-18,28H,1,12-16H2,2-4H3,(H,29,30,31). The van der Waals surface area contributed by atoms with Crippen LogP contribution < -0.4 is 21.8 Å². The van der Waals surface area contributed by atoms with Gasteiger partial charge in [0.05, 0.1) is 12.6 Å². The van der Waals surface area contributed by atoms with Crippen molar-refractivity contribution in [2.24, 2.45) is 0 Å². The van der Waals surface area contributed by atoms with E-state index in [-0.39, 0.29) is 29.1 Å². The van der Waals surface area contributed by atoms with Crippen molar-refractivity contribution in [2.75, 3.05) is 18.4 Å². The van der Waals surface area contributed by atoms with Crippen molar-refractivity contribution < 1.29 is 0 Å². The van der Waals surface area contributed by atoms with E-state index >= 15 is 0 Å². The Bertz CT molecular complexity index is 1560. The largest absolute Gasteiger partial charge is 0.324 e. The molecule has 0 bridgehead atoms. The molecule has 4 aromatic rings. The summed E-state index contributed by atoms with van der Waals surface area (Å²) in [4.78, 5) is 34.6. The fourth-order valence-corrected chi connectivity index (χ4v) is 4.86. The number of hydrogen-bond acceptors (Lipinski definition) is 7. The van der Waals surface area contributed by atoms with E-state index in [1.165, 1.54) is 27.2 Å². The van der Waals surface area contributed by atoms with Gasteiger partial charge >= 0.3 is 0 Å². The Morgan fingerprint density at radius 1 is 1.14 bits per heavy atom. The van der Waals surface area contributed by atoms with Gasteiger partial charge in [-0.25, -0.2) is 19.0 Å². The third kappa shape index (κ3) is 4.60. The molecule has 10 nitrogen and oxygen atoms in total. The zero-order valence-electron chi connectivity index (χ0n) is 21.4. The first-order chi connectivity index (χ1) is 17.8. The molecular weight excluding hydrogens is 468 g/mol. The van der Waals surface area contributed by atoms with Crippen LogP contribution in [0.15, 0.2) is 64.8 Å². The van der Waals surface area contributed by atoms with Crippen molar-refractivity contribution in [3.05, 3.63) is 81.5 Å². The van der Waals surface area contributed by atoms with E-state index in [0.717, 1.165) is 31.6 Å². The fourth-order valence-electron chi connectivity index (χ4n) is 4.86. The summed E-state index contributed by atoms with van der Waals surface area (Å²) >= 11 is 0. The molecule has 0 saturated carbocycles. The number of hydrogen-bond donors (Lipinski definition) is 2. The summed E-state index contributed by atoms with van der Waals surface area (Å²) in [7, 11) is 0. The highest BCUT2D eigenvalue weighted by atomic mass is 16.1. The lowest BCUT2D eigenvalue weighted by Crippen LogP contribution is -2.37. The predicted molar refractivity (Wildman–Crippen MR) is 145 cm³/mol. The topological polar surface area (TPSA) is 112 Å². The Morgan fingerprint density at radius 3 is 2.54 bits per heavy atom. The van der Waals surface area contributed by atoms with Crippen LogP contribution >= 0.6 is 0 Å². The summed E-state index contributed by atoms with van der Waals surface area (Å²) in [6.45, 7) is 12.2. The fraction of sp³-hybridized carbons (Fsp3) is 0.370. The highest BCUT2D eigenvalue weighted by Crippen LogP contribution is 2.33. The maximum Gasteiger partial charge on any atom is 0.278 e. The number of piperidine rings is 1. The van der Waals surface area contributed by atoms with E-state index in [0.29, 0.717) is 22.8 Å². The zero-order chi connectivity index (χ0) is 26.2. The Balaban J connectivity index is 1.54. The Morgan fingerprint density at radius 2 is 1.86 bits per heavy atom. The molecular formula is C27H32N8O2. The molecule has 0 spiro atoms. The van der Waals surface area contributed by atoms with Crippen LogP contribution in [0.5, 0.6) is 0 Å². The molecule has 1 aromatic carbocycles. The third-order valence-electron chi connectivity index (χ3n) is 7.04. The van der Waals surface area contributed by atoms with Crippen molar-refractivity contribution in [3.8, 4) is 5.82 Å². The van der Waals surface area contributed by atoms with E-state index in [1.807, 2.05) is 26.0 Å². The molecule has 5 rings (SSSR count). The molecule has 0 radical (unpaired) electrons. The lowest BCUT2D eigenvalue weighted by atomic mass is 9.75. The number of fused-ring (bicyclic) bond motifs is 1. The van der Waals surface area contributed by atoms with Crippen LogP contribution in [-0.2, 0) is 12.0 Å². The molecule has 0 unspecified atom stereocenters. The molecule has 192 valence electrons. The normalized spacial score (nSPS) is 15.2. The average Bonchev–Trinajstić information content (AvgIpc) is 3.16. The van der Waals surface area contributed by atoms with Gasteiger partial charge in [0.25, 0.3) is 11.1 Å². The Kier molecular flexibility index (Phi) is 6.51. The number of allylic oxidation sites excluding steroid dienone is 1. The molecule has 0 amide bonds. The van der Waals surface area contributed by atoms with Gasteiger partial charge in [-0.15, -0.1) is 11.7 Å². The van der Waals surface area contributed by atoms with E-state index < -0.39 is 0 Å². The highest BCUT2D eigenvalue weighted by molar-refractivity contribution is 5.77. The van der Waals surface area contributed by atoms with Crippen LogP contribution in [-0.4, -0.2) is 42.2 Å². The van der Waals surface area contributed by atoms with E-state index in [2.05, 4.69) is 51.3 Å². The summed E-state index contributed by atoms with van der Waals surface area (Å²) in [5, 5.41) is 11.6. The van der Waals surface area contributed by atoms with Gasteiger partial charge in [0.1, 0.15) is 5.39 Å². The van der Waals surface area contributed by atoms with Gasteiger partial charge in [0.2, 0.25) is 5.95 Å². The second-order valence-corrected chi connectivity index (χ2v) is 10.00. The molecule has 3 aromatic heterocycles. The van der Waals surface area contributed by atoms with Crippen molar-refractivity contribution >= 4 is 22.7 Å². The number of nitrogens with zero attached hydrogens (tertiary/aromatic N) is 6. The van der Waals surface area contributed by atoms with Gasteiger partial charge in [-0.1, -0.05) is 25.1 Å². The minimum absolute atomic E-state index is 0.143. The average molecular weight is 501 g/mol. The summed E-state index contributed by atoms with van der Waals surface area (Å²) in [5.74, 6) is 0.765. The van der Waals surface area contributed by atoms with Crippen LogP contribution in [0.2, 0.25) is 0 Å². The van der Waals surface area contributed by atoms with Gasteiger partial charge in [-0.3, -0.25) is 9.59 Å². The first-order valence-corrected chi connectivity index (χ1v) is 12.6. The lowest BCUT2D eigenvalue weighted by molar-refractivity contribution is 0.335. The van der Waals surface area contributed by atoms with Crippen LogP contribution in [0.25, 0.3) is 16.9 Å². The number of aromatic nitrogens is 6. The number of anilines is 2. The van der Waals surface area contributed by atoms with Gasteiger partial charge in [-0.2, -0.15) is 4.98 Å². The molecule has 2 N–H and O–H groups in total. The minimum atomic E-state index is -0.259. The molecule has 4 heterocycles. The van der Waals surface area contributed by atoms with Crippen molar-refractivity contribution in [3.63, 3.8) is 0 Å². The summed E-state index contributed by atoms with van der Waals surface area (Å²) in [6, 6.07) is 11.3. The maximum absolute atomic E-state index is 13.2. The van der Waals surface area contributed by atoms with Gasteiger partial charge in [0.15, 0.2) is 11.5 Å². The van der Waals surface area contributed by atoms with Crippen LogP contribution in [0, 0.1) is 0 Å². The molecule has 1 fully saturated rings. The molecule has 1 aliphatic heterocycles. The molecule has 1 saturated heterocycles.